The van der Waals surface area contributed by atoms with Crippen LogP contribution in [-0.4, -0.2) is 55.5 Å². The molecule has 1 aliphatic heterocycles. The van der Waals surface area contributed by atoms with Crippen molar-refractivity contribution in [3.05, 3.63) is 35.4 Å². The number of halogens is 3. The van der Waals surface area contributed by atoms with Gasteiger partial charge in [-0.15, -0.1) is 0 Å². The summed E-state index contributed by atoms with van der Waals surface area (Å²) in [6, 6.07) is 5.73. The van der Waals surface area contributed by atoms with E-state index in [-0.39, 0.29) is 24.6 Å². The van der Waals surface area contributed by atoms with Crippen molar-refractivity contribution in [2.75, 3.05) is 33.7 Å². The van der Waals surface area contributed by atoms with E-state index in [0.29, 0.717) is 6.04 Å². The second-order valence-corrected chi connectivity index (χ2v) is 6.07. The zero-order valence-electron chi connectivity index (χ0n) is 13.4. The van der Waals surface area contributed by atoms with E-state index >= 15 is 0 Å². The van der Waals surface area contributed by atoms with E-state index in [1.165, 1.54) is 12.1 Å². The van der Waals surface area contributed by atoms with Crippen molar-refractivity contribution < 1.29 is 18.0 Å². The summed E-state index contributed by atoms with van der Waals surface area (Å²) < 4.78 is 38.7. The van der Waals surface area contributed by atoms with Crippen molar-refractivity contribution in [3.63, 3.8) is 0 Å². The number of alkyl halides is 3. The van der Waals surface area contributed by atoms with Gasteiger partial charge >= 0.3 is 6.18 Å². The molecule has 1 aromatic carbocycles. The van der Waals surface area contributed by atoms with Gasteiger partial charge in [0.15, 0.2) is 0 Å². The molecule has 23 heavy (non-hydrogen) atoms. The van der Waals surface area contributed by atoms with Gasteiger partial charge in [-0.1, -0.05) is 18.2 Å². The van der Waals surface area contributed by atoms with E-state index in [9.17, 15) is 18.0 Å². The number of carbonyl (C=O) groups excluding carboxylic acids is 1. The Morgan fingerprint density at radius 3 is 2.65 bits per heavy atom. The minimum atomic E-state index is -4.41. The summed E-state index contributed by atoms with van der Waals surface area (Å²) >= 11 is 0. The van der Waals surface area contributed by atoms with Crippen LogP contribution >= 0.6 is 0 Å². The van der Waals surface area contributed by atoms with Gasteiger partial charge in [-0.3, -0.25) is 9.69 Å². The Labute approximate surface area is 134 Å². The fourth-order valence-electron chi connectivity index (χ4n) is 2.78. The molecule has 1 amide bonds. The highest BCUT2D eigenvalue weighted by molar-refractivity contribution is 5.78. The number of nitrogens with one attached hydrogen (secondary N) is 1. The highest BCUT2D eigenvalue weighted by atomic mass is 19.4. The molecule has 1 aromatic rings. The number of hydrogen-bond donors (Lipinski definition) is 1. The molecule has 0 aliphatic carbocycles. The Hall–Kier alpha value is -1.60. The lowest BCUT2D eigenvalue weighted by Crippen LogP contribution is -2.38. The second kappa shape index (κ2) is 7.31. The molecule has 1 heterocycles. The van der Waals surface area contributed by atoms with E-state index < -0.39 is 11.7 Å². The lowest BCUT2D eigenvalue weighted by Gasteiger charge is -2.20. The van der Waals surface area contributed by atoms with E-state index in [1.807, 2.05) is 19.0 Å². The fraction of sp³-hybridized carbons (Fsp3) is 0.562. The van der Waals surface area contributed by atoms with Crippen LogP contribution in [0.4, 0.5) is 13.2 Å². The van der Waals surface area contributed by atoms with Crippen LogP contribution in [0, 0.1) is 0 Å². The standard InChI is InChI=1S/C16H22F3N3O/c1-21(2)13-7-8-22(10-13)11-15(23)20-9-12-5-3-4-6-14(12)16(17,18)19/h3-6,13H,7-11H2,1-2H3,(H,20,23)/t13-/m0/s1. The predicted molar refractivity (Wildman–Crippen MR) is 81.8 cm³/mol. The smallest absolute Gasteiger partial charge is 0.351 e. The molecule has 1 saturated heterocycles. The molecule has 0 saturated carbocycles. The monoisotopic (exact) mass is 329 g/mol. The summed E-state index contributed by atoms with van der Waals surface area (Å²) in [5.74, 6) is -0.249. The Balaban J connectivity index is 1.86. The van der Waals surface area contributed by atoms with Crippen LogP contribution in [0.25, 0.3) is 0 Å². The largest absolute Gasteiger partial charge is 0.416 e. The van der Waals surface area contributed by atoms with Gasteiger partial charge in [-0.25, -0.2) is 0 Å². The molecule has 0 radical (unpaired) electrons. The topological polar surface area (TPSA) is 35.6 Å². The zero-order chi connectivity index (χ0) is 17.0. The third kappa shape index (κ3) is 4.94. The van der Waals surface area contributed by atoms with Crippen molar-refractivity contribution in [1.82, 2.24) is 15.1 Å². The van der Waals surface area contributed by atoms with Crippen molar-refractivity contribution in [2.24, 2.45) is 0 Å². The number of rotatable bonds is 5. The van der Waals surface area contributed by atoms with Gasteiger partial charge in [-0.05, 0) is 32.1 Å². The molecule has 0 aromatic heterocycles. The number of carbonyl (C=O) groups is 1. The first-order valence-electron chi connectivity index (χ1n) is 7.58. The Morgan fingerprint density at radius 2 is 2.04 bits per heavy atom. The number of likely N-dealkylation sites (tertiary alicyclic amines) is 1. The van der Waals surface area contributed by atoms with E-state index in [1.54, 1.807) is 6.07 Å². The number of benzene rings is 1. The van der Waals surface area contributed by atoms with Gasteiger partial charge in [0.1, 0.15) is 0 Å². The minimum absolute atomic E-state index is 0.0842. The summed E-state index contributed by atoms with van der Waals surface area (Å²) in [4.78, 5) is 16.1. The molecule has 4 nitrogen and oxygen atoms in total. The fourth-order valence-corrected chi connectivity index (χ4v) is 2.78. The van der Waals surface area contributed by atoms with Crippen molar-refractivity contribution in [1.29, 1.82) is 0 Å². The van der Waals surface area contributed by atoms with Crippen LogP contribution in [0.2, 0.25) is 0 Å². The maximum atomic E-state index is 12.9. The van der Waals surface area contributed by atoms with Crippen LogP contribution in [0.5, 0.6) is 0 Å². The molecule has 128 valence electrons. The molecule has 1 fully saturated rings. The van der Waals surface area contributed by atoms with Crippen LogP contribution in [-0.2, 0) is 17.5 Å². The van der Waals surface area contributed by atoms with Crippen LogP contribution in [0.3, 0.4) is 0 Å². The average molecular weight is 329 g/mol. The summed E-state index contributed by atoms with van der Waals surface area (Å²) in [7, 11) is 4.00. The number of nitrogens with zero attached hydrogens (tertiary/aromatic N) is 2. The van der Waals surface area contributed by atoms with E-state index in [0.717, 1.165) is 25.6 Å². The quantitative estimate of drug-likeness (QED) is 0.897. The number of hydrogen-bond acceptors (Lipinski definition) is 3. The van der Waals surface area contributed by atoms with Gasteiger partial charge in [0.2, 0.25) is 5.91 Å². The Morgan fingerprint density at radius 1 is 1.35 bits per heavy atom. The predicted octanol–water partition coefficient (Wildman–Crippen LogP) is 1.96. The molecule has 1 aliphatic rings. The van der Waals surface area contributed by atoms with Crippen molar-refractivity contribution in [3.8, 4) is 0 Å². The summed E-state index contributed by atoms with van der Waals surface area (Å²) in [6.07, 6.45) is -3.41. The first-order valence-corrected chi connectivity index (χ1v) is 7.58. The third-order valence-electron chi connectivity index (χ3n) is 4.14. The summed E-state index contributed by atoms with van der Waals surface area (Å²) in [5.41, 5.74) is -0.616. The van der Waals surface area contributed by atoms with Crippen molar-refractivity contribution >= 4 is 5.91 Å². The SMILES string of the molecule is CN(C)[C@H]1CCN(CC(=O)NCc2ccccc2C(F)(F)F)C1. The maximum Gasteiger partial charge on any atom is 0.416 e. The zero-order valence-corrected chi connectivity index (χ0v) is 13.4. The van der Waals surface area contributed by atoms with Gasteiger partial charge in [0.25, 0.3) is 0 Å². The van der Waals surface area contributed by atoms with Gasteiger partial charge in [-0.2, -0.15) is 13.2 Å². The lowest BCUT2D eigenvalue weighted by atomic mass is 10.1. The third-order valence-corrected chi connectivity index (χ3v) is 4.14. The highest BCUT2D eigenvalue weighted by Gasteiger charge is 2.33. The molecule has 0 bridgehead atoms. The molecule has 7 heteroatoms. The molecule has 1 N–H and O–H groups in total. The second-order valence-electron chi connectivity index (χ2n) is 6.07. The van der Waals surface area contributed by atoms with Gasteiger partial charge in [0, 0.05) is 25.7 Å². The van der Waals surface area contributed by atoms with E-state index in [4.69, 9.17) is 0 Å². The minimum Gasteiger partial charge on any atom is -0.351 e. The van der Waals surface area contributed by atoms with Crippen LogP contribution < -0.4 is 5.32 Å². The van der Waals surface area contributed by atoms with Gasteiger partial charge in [0.05, 0.1) is 12.1 Å². The first kappa shape index (κ1) is 17.7. The van der Waals surface area contributed by atoms with Crippen LogP contribution in [0.1, 0.15) is 17.5 Å². The number of amides is 1. The Bertz CT molecular complexity index is 546. The summed E-state index contributed by atoms with van der Waals surface area (Å²) in [5, 5.41) is 2.59. The Kier molecular flexibility index (Phi) is 5.64. The summed E-state index contributed by atoms with van der Waals surface area (Å²) in [6.45, 7) is 1.74. The van der Waals surface area contributed by atoms with Crippen LogP contribution in [0.15, 0.2) is 24.3 Å². The lowest BCUT2D eigenvalue weighted by molar-refractivity contribution is -0.138. The number of likely N-dealkylation sites (N-methyl/N-ethyl adjacent to an activating group) is 1. The van der Waals surface area contributed by atoms with Gasteiger partial charge < -0.3 is 10.2 Å². The average Bonchev–Trinajstić information content (AvgIpc) is 2.93. The molecule has 0 unspecified atom stereocenters. The molecule has 0 spiro atoms. The normalized spacial score (nSPS) is 19.3. The van der Waals surface area contributed by atoms with Crippen molar-refractivity contribution in [2.45, 2.75) is 25.2 Å². The highest BCUT2D eigenvalue weighted by Crippen LogP contribution is 2.31. The van der Waals surface area contributed by atoms with E-state index in [2.05, 4.69) is 10.2 Å². The molecule has 1 atom stereocenters. The molecular weight excluding hydrogens is 307 g/mol. The first-order chi connectivity index (χ1) is 10.8. The molecule has 2 rings (SSSR count). The molecular formula is C16H22F3N3O. The maximum absolute atomic E-state index is 12.9.